The minimum atomic E-state index is -0.929. The molecule has 4 rings (SSSR count). The molecule has 0 amide bonds. The van der Waals surface area contributed by atoms with E-state index in [1.54, 1.807) is 18.2 Å². The van der Waals surface area contributed by atoms with Crippen molar-refractivity contribution < 1.29 is 9.90 Å². The van der Waals surface area contributed by atoms with Crippen molar-refractivity contribution in [2.75, 3.05) is 28.2 Å². The second-order valence-electron chi connectivity index (χ2n) is 9.03. The summed E-state index contributed by atoms with van der Waals surface area (Å²) in [4.78, 5) is 16.4. The molecule has 1 heterocycles. The van der Waals surface area contributed by atoms with Gasteiger partial charge in [-0.2, -0.15) is 0 Å². The Labute approximate surface area is 203 Å². The smallest absolute Gasteiger partial charge is 0.337 e. The average Bonchev–Trinajstić information content (AvgIpc) is 3.28. The maximum Gasteiger partial charge on any atom is 0.337 e. The first kappa shape index (κ1) is 23.7. The molecule has 0 unspecified atom stereocenters. The number of hydrogen-bond acceptors (Lipinski definition) is 4. The zero-order valence-electron chi connectivity index (χ0n) is 20.3. The summed E-state index contributed by atoms with van der Waals surface area (Å²) in [6.45, 7) is 8.46. The summed E-state index contributed by atoms with van der Waals surface area (Å²) in [6, 6.07) is 22.3. The molecule has 3 aromatic carbocycles. The largest absolute Gasteiger partial charge is 0.478 e. The molecule has 34 heavy (non-hydrogen) atoms. The first-order valence-electron chi connectivity index (χ1n) is 12.4. The van der Waals surface area contributed by atoms with Crippen LogP contribution in [0.2, 0.25) is 0 Å². The van der Waals surface area contributed by atoms with E-state index in [9.17, 15) is 9.90 Å². The number of unbranched alkanes of at least 4 members (excludes halogenated alkanes) is 2. The van der Waals surface area contributed by atoms with Crippen molar-refractivity contribution in [3.63, 3.8) is 0 Å². The Morgan fingerprint density at radius 2 is 1.59 bits per heavy atom. The van der Waals surface area contributed by atoms with Gasteiger partial charge in [-0.25, -0.2) is 4.79 Å². The summed E-state index contributed by atoms with van der Waals surface area (Å²) in [5.41, 5.74) is 6.92. The SMILES string of the molecule is CCCCN(CCCC)c1ccc(N2Cc3ccc(Nc4ccccc4C(=O)O)cc3C2)cc1. The van der Waals surface area contributed by atoms with Gasteiger partial charge in [-0.15, -0.1) is 0 Å². The van der Waals surface area contributed by atoms with Gasteiger partial charge in [0.25, 0.3) is 0 Å². The van der Waals surface area contributed by atoms with Gasteiger partial charge in [0.1, 0.15) is 0 Å². The summed E-state index contributed by atoms with van der Waals surface area (Å²) >= 11 is 0. The van der Waals surface area contributed by atoms with Gasteiger partial charge in [-0.3, -0.25) is 0 Å². The summed E-state index contributed by atoms with van der Waals surface area (Å²) < 4.78 is 0. The van der Waals surface area contributed by atoms with Crippen LogP contribution in [0.4, 0.5) is 22.7 Å². The van der Waals surface area contributed by atoms with E-state index in [1.807, 2.05) is 12.1 Å². The molecule has 0 saturated heterocycles. The molecule has 178 valence electrons. The van der Waals surface area contributed by atoms with E-state index < -0.39 is 5.97 Å². The normalized spacial score (nSPS) is 12.5. The van der Waals surface area contributed by atoms with E-state index in [0.29, 0.717) is 5.69 Å². The highest BCUT2D eigenvalue weighted by atomic mass is 16.4. The molecular formula is C29H35N3O2. The van der Waals surface area contributed by atoms with Crippen LogP contribution >= 0.6 is 0 Å². The summed E-state index contributed by atoms with van der Waals surface area (Å²) in [5.74, 6) is -0.929. The van der Waals surface area contributed by atoms with Gasteiger partial charge in [0.2, 0.25) is 0 Å². The number of carbonyl (C=O) groups is 1. The number of carboxylic acid groups (broad SMARTS) is 1. The van der Waals surface area contributed by atoms with Crippen LogP contribution in [0.15, 0.2) is 66.7 Å². The third-order valence-corrected chi connectivity index (χ3v) is 6.51. The lowest BCUT2D eigenvalue weighted by molar-refractivity contribution is 0.0698. The van der Waals surface area contributed by atoms with Gasteiger partial charge in [0.15, 0.2) is 0 Å². The Hall–Kier alpha value is -3.47. The standard InChI is InChI=1S/C29H35N3O2/c1-3-5-17-31(18-6-4-2)25-13-15-26(16-14-25)32-20-22-11-12-24(19-23(22)21-32)30-28-10-8-7-9-27(28)29(33)34/h7-16,19,30H,3-6,17-18,20-21H2,1-2H3,(H,33,34). The summed E-state index contributed by atoms with van der Waals surface area (Å²) in [7, 11) is 0. The molecular weight excluding hydrogens is 422 g/mol. The Morgan fingerprint density at radius 3 is 2.26 bits per heavy atom. The molecule has 3 aromatic rings. The predicted octanol–water partition coefficient (Wildman–Crippen LogP) is 7.06. The van der Waals surface area contributed by atoms with E-state index >= 15 is 0 Å². The van der Waals surface area contributed by atoms with Gasteiger partial charge in [-0.1, -0.05) is 44.9 Å². The van der Waals surface area contributed by atoms with Gasteiger partial charge < -0.3 is 20.2 Å². The molecule has 2 N–H and O–H groups in total. The Bertz CT molecular complexity index is 1100. The lowest BCUT2D eigenvalue weighted by Crippen LogP contribution is -2.25. The number of hydrogen-bond donors (Lipinski definition) is 2. The number of nitrogens with zero attached hydrogens (tertiary/aromatic N) is 2. The molecule has 0 saturated carbocycles. The van der Waals surface area contributed by atoms with Gasteiger partial charge in [-0.05, 0) is 72.5 Å². The molecule has 0 aliphatic carbocycles. The zero-order valence-corrected chi connectivity index (χ0v) is 20.3. The van der Waals surface area contributed by atoms with Gasteiger partial charge >= 0.3 is 5.97 Å². The lowest BCUT2D eigenvalue weighted by atomic mass is 10.1. The fourth-order valence-corrected chi connectivity index (χ4v) is 4.53. The molecule has 1 aliphatic rings. The third-order valence-electron chi connectivity index (χ3n) is 6.51. The molecule has 5 nitrogen and oxygen atoms in total. The highest BCUT2D eigenvalue weighted by molar-refractivity contribution is 5.95. The van der Waals surface area contributed by atoms with Gasteiger partial charge in [0.05, 0.1) is 11.3 Å². The molecule has 0 fully saturated rings. The van der Waals surface area contributed by atoms with Crippen molar-refractivity contribution in [1.82, 2.24) is 0 Å². The number of nitrogens with one attached hydrogen (secondary N) is 1. The minimum absolute atomic E-state index is 0.275. The third kappa shape index (κ3) is 5.53. The number of para-hydroxylation sites is 1. The minimum Gasteiger partial charge on any atom is -0.478 e. The number of carboxylic acids is 1. The van der Waals surface area contributed by atoms with Gasteiger partial charge in [0, 0.05) is 43.2 Å². The molecule has 0 spiro atoms. The second kappa shape index (κ2) is 11.1. The highest BCUT2D eigenvalue weighted by Gasteiger charge is 2.20. The van der Waals surface area contributed by atoms with Crippen molar-refractivity contribution >= 4 is 28.7 Å². The number of aromatic carboxylic acids is 1. The average molecular weight is 458 g/mol. The van der Waals surface area contributed by atoms with Crippen LogP contribution in [0, 0.1) is 0 Å². The highest BCUT2D eigenvalue weighted by Crippen LogP contribution is 2.32. The maximum atomic E-state index is 11.5. The molecule has 1 aliphatic heterocycles. The van der Waals surface area contributed by atoms with E-state index in [0.717, 1.165) is 31.9 Å². The van der Waals surface area contributed by atoms with Crippen LogP contribution in [0.5, 0.6) is 0 Å². The van der Waals surface area contributed by atoms with E-state index in [-0.39, 0.29) is 5.56 Å². The van der Waals surface area contributed by atoms with Crippen LogP contribution in [0.25, 0.3) is 0 Å². The Kier molecular flexibility index (Phi) is 7.73. The quantitative estimate of drug-likeness (QED) is 0.323. The van der Waals surface area contributed by atoms with Crippen LogP contribution in [-0.4, -0.2) is 24.2 Å². The van der Waals surface area contributed by atoms with Crippen molar-refractivity contribution in [2.45, 2.75) is 52.6 Å². The van der Waals surface area contributed by atoms with Crippen molar-refractivity contribution in [3.8, 4) is 0 Å². The Balaban J connectivity index is 1.45. The van der Waals surface area contributed by atoms with Crippen LogP contribution in [0.3, 0.4) is 0 Å². The number of rotatable bonds is 11. The van der Waals surface area contributed by atoms with Crippen molar-refractivity contribution in [2.24, 2.45) is 0 Å². The molecule has 0 aromatic heterocycles. The maximum absolute atomic E-state index is 11.5. The van der Waals surface area contributed by atoms with Crippen LogP contribution < -0.4 is 15.1 Å². The second-order valence-corrected chi connectivity index (χ2v) is 9.03. The van der Waals surface area contributed by atoms with E-state index in [2.05, 4.69) is 65.4 Å². The lowest BCUT2D eigenvalue weighted by Gasteiger charge is -2.26. The molecule has 0 atom stereocenters. The fraction of sp³-hybridized carbons (Fsp3) is 0.345. The topological polar surface area (TPSA) is 55.8 Å². The van der Waals surface area contributed by atoms with Crippen molar-refractivity contribution in [3.05, 3.63) is 83.4 Å². The Morgan fingerprint density at radius 1 is 0.912 bits per heavy atom. The van der Waals surface area contributed by atoms with E-state index in [1.165, 1.54) is 48.2 Å². The molecule has 0 radical (unpaired) electrons. The fourth-order valence-electron chi connectivity index (χ4n) is 4.53. The summed E-state index contributed by atoms with van der Waals surface area (Å²) in [6.07, 6.45) is 4.87. The zero-order chi connectivity index (χ0) is 23.9. The molecule has 5 heteroatoms. The predicted molar refractivity (Wildman–Crippen MR) is 141 cm³/mol. The summed E-state index contributed by atoms with van der Waals surface area (Å²) in [5, 5.41) is 12.7. The number of anilines is 4. The van der Waals surface area contributed by atoms with E-state index in [4.69, 9.17) is 0 Å². The first-order valence-corrected chi connectivity index (χ1v) is 12.4. The van der Waals surface area contributed by atoms with Crippen molar-refractivity contribution in [1.29, 1.82) is 0 Å². The molecule has 0 bridgehead atoms. The van der Waals surface area contributed by atoms with Crippen LogP contribution in [0.1, 0.15) is 61.0 Å². The van der Waals surface area contributed by atoms with Crippen LogP contribution in [-0.2, 0) is 13.1 Å². The number of fused-ring (bicyclic) bond motifs is 1. The number of benzene rings is 3. The monoisotopic (exact) mass is 457 g/mol. The first-order chi connectivity index (χ1) is 16.6.